The predicted molar refractivity (Wildman–Crippen MR) is 76.7 cm³/mol. The summed E-state index contributed by atoms with van der Waals surface area (Å²) in [5, 5.41) is -0.601. The van der Waals surface area contributed by atoms with Crippen LogP contribution < -0.4 is 0 Å². The van der Waals surface area contributed by atoms with Gasteiger partial charge in [-0.3, -0.25) is 14.4 Å². The summed E-state index contributed by atoms with van der Waals surface area (Å²) in [6, 6.07) is 0. The van der Waals surface area contributed by atoms with Gasteiger partial charge in [-0.15, -0.1) is 0 Å². The van der Waals surface area contributed by atoms with Crippen molar-refractivity contribution in [1.29, 1.82) is 0 Å². The first-order chi connectivity index (χ1) is 10.2. The number of hydrogen-bond donors (Lipinski definition) is 0. The van der Waals surface area contributed by atoms with Crippen LogP contribution in [-0.2, 0) is 33.3 Å². The first kappa shape index (κ1) is 20.2. The van der Waals surface area contributed by atoms with Gasteiger partial charge in [0.15, 0.2) is 0 Å². The molecule has 0 rings (SSSR count). The molecule has 0 saturated carbocycles. The normalized spacial score (nSPS) is 12.7. The fourth-order valence-electron chi connectivity index (χ4n) is 1.30. The van der Waals surface area contributed by atoms with Gasteiger partial charge in [-0.2, -0.15) is 0 Å². The average molecular weight is 336 g/mol. The minimum atomic E-state index is -0.952. The van der Waals surface area contributed by atoms with Crippen molar-refractivity contribution in [3.05, 3.63) is 0 Å². The van der Waals surface area contributed by atoms with Gasteiger partial charge in [-0.05, 0) is 18.2 Å². The van der Waals surface area contributed by atoms with E-state index in [1.54, 1.807) is 0 Å². The number of rotatable bonds is 8. The number of hydrogen-bond acceptors (Lipinski definition) is 9. The molecule has 0 aliphatic heterocycles. The molecule has 22 heavy (non-hydrogen) atoms. The molecular formula is C13H20O8S. The van der Waals surface area contributed by atoms with Gasteiger partial charge in [0.2, 0.25) is 12.6 Å². The summed E-state index contributed by atoms with van der Waals surface area (Å²) in [5.41, 5.74) is 0. The zero-order chi connectivity index (χ0) is 17.1. The monoisotopic (exact) mass is 336 g/mol. The van der Waals surface area contributed by atoms with Crippen LogP contribution in [0.4, 0.5) is 4.79 Å². The van der Waals surface area contributed by atoms with Crippen LogP contribution in [0, 0.1) is 0 Å². The molecule has 2 atom stereocenters. The molecule has 0 N–H and O–H groups in total. The van der Waals surface area contributed by atoms with E-state index in [-0.39, 0.29) is 6.42 Å². The highest BCUT2D eigenvalue weighted by Gasteiger charge is 2.14. The second-order valence-electron chi connectivity index (χ2n) is 4.16. The number of carbonyl (C=O) groups is 4. The highest BCUT2D eigenvalue weighted by Crippen LogP contribution is 2.11. The minimum absolute atomic E-state index is 0.0748. The predicted octanol–water partition coefficient (Wildman–Crippen LogP) is 2.00. The maximum atomic E-state index is 11.4. The van der Waals surface area contributed by atoms with Crippen LogP contribution in [-0.4, -0.2) is 41.5 Å². The number of esters is 3. The third-order valence-corrected chi connectivity index (χ3v) is 2.79. The Kier molecular flexibility index (Phi) is 10.0. The Morgan fingerprint density at radius 3 is 1.86 bits per heavy atom. The Morgan fingerprint density at radius 1 is 0.864 bits per heavy atom. The van der Waals surface area contributed by atoms with Crippen LogP contribution in [0.2, 0.25) is 0 Å². The van der Waals surface area contributed by atoms with Crippen LogP contribution >= 0.6 is 11.8 Å². The topological polar surface area (TPSA) is 105 Å². The Bertz CT molecular complexity index is 371. The van der Waals surface area contributed by atoms with Crippen molar-refractivity contribution in [3.63, 3.8) is 0 Å². The van der Waals surface area contributed by atoms with Gasteiger partial charge in [0.1, 0.15) is 0 Å². The zero-order valence-electron chi connectivity index (χ0n) is 13.0. The second-order valence-corrected chi connectivity index (χ2v) is 5.19. The van der Waals surface area contributed by atoms with Crippen molar-refractivity contribution < 1.29 is 38.1 Å². The molecule has 2 unspecified atom stereocenters. The quantitative estimate of drug-likeness (QED) is 0.374. The largest absolute Gasteiger partial charge is 0.426 e. The molecule has 0 radical (unpaired) electrons. The van der Waals surface area contributed by atoms with E-state index in [0.717, 1.165) is 11.8 Å². The van der Waals surface area contributed by atoms with Crippen LogP contribution in [0.15, 0.2) is 0 Å². The molecule has 0 aromatic carbocycles. The van der Waals surface area contributed by atoms with E-state index in [1.165, 1.54) is 27.7 Å². The number of carbonyl (C=O) groups excluding carboxylic acids is 4. The SMILES string of the molecule is CC(=O)OC(C)OC(=O)CCCSC(=O)OC(C)OC(C)=O. The summed E-state index contributed by atoms with van der Waals surface area (Å²) < 4.78 is 18.9. The molecule has 0 heterocycles. The Balaban J connectivity index is 3.74. The fraction of sp³-hybridized carbons (Fsp3) is 0.692. The maximum Gasteiger partial charge on any atom is 0.370 e. The van der Waals surface area contributed by atoms with Crippen molar-refractivity contribution in [2.24, 2.45) is 0 Å². The first-order valence-corrected chi connectivity index (χ1v) is 7.56. The van der Waals surface area contributed by atoms with Gasteiger partial charge < -0.3 is 18.9 Å². The van der Waals surface area contributed by atoms with E-state index in [9.17, 15) is 19.2 Å². The Morgan fingerprint density at radius 2 is 1.36 bits per heavy atom. The summed E-state index contributed by atoms with van der Waals surface area (Å²) in [6.07, 6.45) is -1.43. The molecule has 0 bridgehead atoms. The van der Waals surface area contributed by atoms with Gasteiger partial charge in [-0.1, -0.05) is 0 Å². The zero-order valence-corrected chi connectivity index (χ0v) is 13.8. The molecule has 0 aromatic rings. The van der Waals surface area contributed by atoms with Crippen molar-refractivity contribution in [2.75, 3.05) is 5.75 Å². The van der Waals surface area contributed by atoms with Crippen LogP contribution in [0.1, 0.15) is 40.5 Å². The smallest absolute Gasteiger partial charge is 0.370 e. The summed E-state index contributed by atoms with van der Waals surface area (Å²) in [5.74, 6) is -1.28. The summed E-state index contributed by atoms with van der Waals surface area (Å²) in [6.45, 7) is 5.28. The molecule has 0 aromatic heterocycles. The molecule has 0 saturated heterocycles. The van der Waals surface area contributed by atoms with Gasteiger partial charge in [0, 0.05) is 39.9 Å². The van der Waals surface area contributed by atoms with Gasteiger partial charge in [0.25, 0.3) is 0 Å². The van der Waals surface area contributed by atoms with E-state index in [4.69, 9.17) is 9.47 Å². The van der Waals surface area contributed by atoms with Crippen LogP contribution in [0.5, 0.6) is 0 Å². The van der Waals surface area contributed by atoms with Crippen LogP contribution in [0.3, 0.4) is 0 Å². The lowest BCUT2D eigenvalue weighted by atomic mass is 10.3. The highest BCUT2D eigenvalue weighted by molar-refractivity contribution is 8.13. The second kappa shape index (κ2) is 10.9. The third-order valence-electron chi connectivity index (χ3n) is 1.97. The lowest BCUT2D eigenvalue weighted by molar-refractivity contribution is -0.182. The van der Waals surface area contributed by atoms with Gasteiger partial charge >= 0.3 is 23.2 Å². The van der Waals surface area contributed by atoms with E-state index < -0.39 is 35.8 Å². The van der Waals surface area contributed by atoms with Gasteiger partial charge in [-0.25, -0.2) is 4.79 Å². The lowest BCUT2D eigenvalue weighted by Crippen LogP contribution is -2.20. The van der Waals surface area contributed by atoms with E-state index in [0.29, 0.717) is 12.2 Å². The molecule has 0 fully saturated rings. The maximum absolute atomic E-state index is 11.4. The molecule has 8 nitrogen and oxygen atoms in total. The molecule has 0 aliphatic rings. The van der Waals surface area contributed by atoms with E-state index in [2.05, 4.69) is 9.47 Å². The number of ether oxygens (including phenoxy) is 4. The van der Waals surface area contributed by atoms with Crippen molar-refractivity contribution in [3.8, 4) is 0 Å². The number of thioether (sulfide) groups is 1. The Hall–Kier alpha value is -1.77. The van der Waals surface area contributed by atoms with E-state index in [1.807, 2.05) is 0 Å². The summed E-state index contributed by atoms with van der Waals surface area (Å²) in [7, 11) is 0. The summed E-state index contributed by atoms with van der Waals surface area (Å²) in [4.78, 5) is 44.0. The third kappa shape index (κ3) is 12.0. The lowest BCUT2D eigenvalue weighted by Gasteiger charge is -2.13. The minimum Gasteiger partial charge on any atom is -0.426 e. The van der Waals surface area contributed by atoms with Crippen molar-refractivity contribution in [2.45, 2.75) is 53.1 Å². The summed E-state index contributed by atoms with van der Waals surface area (Å²) >= 11 is 0.858. The molecule has 0 amide bonds. The standard InChI is InChI=1S/C13H20O8S/c1-8(14)18-10(3)20-12(16)6-5-7-22-13(17)21-11(4)19-9(2)15/h10-11H,5-7H2,1-4H3. The Labute approximate surface area is 132 Å². The van der Waals surface area contributed by atoms with Crippen LogP contribution in [0.25, 0.3) is 0 Å². The van der Waals surface area contributed by atoms with E-state index >= 15 is 0 Å². The molecular weight excluding hydrogens is 316 g/mol. The molecule has 9 heteroatoms. The highest BCUT2D eigenvalue weighted by atomic mass is 32.2. The van der Waals surface area contributed by atoms with Crippen molar-refractivity contribution >= 4 is 35.0 Å². The molecule has 126 valence electrons. The van der Waals surface area contributed by atoms with Crippen molar-refractivity contribution in [1.82, 2.24) is 0 Å². The molecule has 0 spiro atoms. The van der Waals surface area contributed by atoms with Gasteiger partial charge in [0.05, 0.1) is 0 Å². The molecule has 0 aliphatic carbocycles. The first-order valence-electron chi connectivity index (χ1n) is 6.58. The average Bonchev–Trinajstić information content (AvgIpc) is 2.32. The fourth-order valence-corrected chi connectivity index (χ4v) is 1.96.